The molecule has 0 spiro atoms. The maximum absolute atomic E-state index is 11.9. The molecule has 0 atom stereocenters. The predicted octanol–water partition coefficient (Wildman–Crippen LogP) is 3.91. The first-order valence-electron chi connectivity index (χ1n) is 5.29. The van der Waals surface area contributed by atoms with Crippen LogP contribution in [0.25, 0.3) is 0 Å². The van der Waals surface area contributed by atoms with E-state index in [9.17, 15) is 8.42 Å². The van der Waals surface area contributed by atoms with Gasteiger partial charge in [-0.3, -0.25) is 0 Å². The summed E-state index contributed by atoms with van der Waals surface area (Å²) in [4.78, 5) is 0.154. The fourth-order valence-electron chi connectivity index (χ4n) is 1.35. The molecule has 0 fully saturated rings. The number of halogens is 2. The van der Waals surface area contributed by atoms with Gasteiger partial charge in [-0.25, -0.2) is 0 Å². The fraction of sp³-hybridized carbons (Fsp3) is 0. The zero-order valence-corrected chi connectivity index (χ0v) is 12.8. The Morgan fingerprint density at radius 2 is 1.58 bits per heavy atom. The number of sulfonamides is 1. The lowest BCUT2D eigenvalue weighted by Crippen LogP contribution is -1.97. The van der Waals surface area contributed by atoms with E-state index in [-0.39, 0.29) is 4.90 Å². The summed E-state index contributed by atoms with van der Waals surface area (Å²) in [6, 6.07) is 13.1. The SMILES string of the molecule is O=S(=O)(/N=C/c1ccc(Cl)cc1)c1ccc(Br)cc1. The van der Waals surface area contributed by atoms with Crippen molar-refractivity contribution in [3.8, 4) is 0 Å². The second kappa shape index (κ2) is 5.86. The predicted molar refractivity (Wildman–Crippen MR) is 80.4 cm³/mol. The van der Waals surface area contributed by atoms with Crippen LogP contribution in [0, 0.1) is 0 Å². The van der Waals surface area contributed by atoms with Gasteiger partial charge >= 0.3 is 0 Å². The van der Waals surface area contributed by atoms with Crippen molar-refractivity contribution in [2.45, 2.75) is 4.90 Å². The van der Waals surface area contributed by atoms with Crippen LogP contribution in [0.3, 0.4) is 0 Å². The van der Waals surface area contributed by atoms with Crippen LogP contribution in [0.2, 0.25) is 5.02 Å². The molecule has 0 heterocycles. The third-order valence-electron chi connectivity index (χ3n) is 2.32. The monoisotopic (exact) mass is 357 g/mol. The summed E-state index contributed by atoms with van der Waals surface area (Å²) in [5.41, 5.74) is 0.671. The highest BCUT2D eigenvalue weighted by molar-refractivity contribution is 9.10. The van der Waals surface area contributed by atoms with Crippen molar-refractivity contribution < 1.29 is 8.42 Å². The van der Waals surface area contributed by atoms with Crippen LogP contribution >= 0.6 is 27.5 Å². The highest BCUT2D eigenvalue weighted by atomic mass is 79.9. The van der Waals surface area contributed by atoms with Gasteiger partial charge in [-0.05, 0) is 42.0 Å². The van der Waals surface area contributed by atoms with Gasteiger partial charge in [-0.15, -0.1) is 0 Å². The van der Waals surface area contributed by atoms with Crippen molar-refractivity contribution in [2.24, 2.45) is 4.40 Å². The third kappa shape index (κ3) is 3.89. The molecule has 0 aliphatic rings. The van der Waals surface area contributed by atoms with E-state index < -0.39 is 10.0 Å². The van der Waals surface area contributed by atoms with Gasteiger partial charge in [0, 0.05) is 15.7 Å². The van der Waals surface area contributed by atoms with Gasteiger partial charge in [0.15, 0.2) is 0 Å². The zero-order chi connectivity index (χ0) is 13.9. The average molecular weight is 359 g/mol. The van der Waals surface area contributed by atoms with E-state index in [1.807, 2.05) is 0 Å². The van der Waals surface area contributed by atoms with Gasteiger partial charge in [0.05, 0.1) is 4.90 Å². The standard InChI is InChI=1S/C13H9BrClNO2S/c14-11-3-7-13(8-4-11)19(17,18)16-9-10-1-5-12(15)6-2-10/h1-9H/b16-9+. The van der Waals surface area contributed by atoms with E-state index in [2.05, 4.69) is 20.3 Å². The number of benzene rings is 2. The van der Waals surface area contributed by atoms with E-state index in [0.29, 0.717) is 10.6 Å². The van der Waals surface area contributed by atoms with Gasteiger partial charge in [0.1, 0.15) is 0 Å². The molecule has 0 aliphatic carbocycles. The largest absolute Gasteiger partial charge is 0.282 e. The van der Waals surface area contributed by atoms with Crippen molar-refractivity contribution >= 4 is 43.8 Å². The van der Waals surface area contributed by atoms with E-state index in [4.69, 9.17) is 11.6 Å². The molecule has 0 amide bonds. The second-order valence-corrected chi connectivity index (χ2v) is 6.70. The maximum Gasteiger partial charge on any atom is 0.282 e. The summed E-state index contributed by atoms with van der Waals surface area (Å²) in [7, 11) is -3.67. The minimum atomic E-state index is -3.67. The lowest BCUT2D eigenvalue weighted by molar-refractivity contribution is 0.598. The van der Waals surface area contributed by atoms with Crippen molar-refractivity contribution in [3.63, 3.8) is 0 Å². The van der Waals surface area contributed by atoms with Gasteiger partial charge in [-0.1, -0.05) is 39.7 Å². The first kappa shape index (κ1) is 14.2. The Labute approximate surface area is 125 Å². The van der Waals surface area contributed by atoms with Crippen molar-refractivity contribution in [2.75, 3.05) is 0 Å². The maximum atomic E-state index is 11.9. The summed E-state index contributed by atoms with van der Waals surface area (Å²) < 4.78 is 28.3. The van der Waals surface area contributed by atoms with Crippen molar-refractivity contribution in [1.29, 1.82) is 0 Å². The minimum absolute atomic E-state index is 0.154. The molecule has 0 saturated carbocycles. The molecule has 2 aromatic rings. The Morgan fingerprint density at radius 1 is 1.00 bits per heavy atom. The van der Waals surface area contributed by atoms with Gasteiger partial charge in [-0.2, -0.15) is 12.8 Å². The first-order chi connectivity index (χ1) is 8.97. The molecule has 0 bridgehead atoms. The van der Waals surface area contributed by atoms with Gasteiger partial charge < -0.3 is 0 Å². The van der Waals surface area contributed by atoms with Crippen LogP contribution in [0.5, 0.6) is 0 Å². The highest BCUT2D eigenvalue weighted by Crippen LogP contribution is 2.16. The molecule has 3 nitrogen and oxygen atoms in total. The van der Waals surface area contributed by atoms with E-state index in [1.54, 1.807) is 36.4 Å². The molecule has 0 aromatic heterocycles. The number of nitrogens with zero attached hydrogens (tertiary/aromatic N) is 1. The summed E-state index contributed by atoms with van der Waals surface area (Å²) >= 11 is 8.99. The quantitative estimate of drug-likeness (QED) is 0.781. The summed E-state index contributed by atoms with van der Waals surface area (Å²) in [5.74, 6) is 0. The molecular weight excluding hydrogens is 350 g/mol. The van der Waals surface area contributed by atoms with Crippen molar-refractivity contribution in [1.82, 2.24) is 0 Å². The number of rotatable bonds is 3. The fourth-order valence-corrected chi connectivity index (χ4v) is 2.60. The minimum Gasteiger partial charge on any atom is -0.199 e. The highest BCUT2D eigenvalue weighted by Gasteiger charge is 2.10. The molecule has 0 unspecified atom stereocenters. The Morgan fingerprint density at radius 3 is 2.16 bits per heavy atom. The zero-order valence-electron chi connectivity index (χ0n) is 9.62. The molecule has 2 rings (SSSR count). The Kier molecular flexibility index (Phi) is 4.39. The van der Waals surface area contributed by atoms with Gasteiger partial charge in [0.25, 0.3) is 10.0 Å². The average Bonchev–Trinajstić information content (AvgIpc) is 2.39. The summed E-state index contributed by atoms with van der Waals surface area (Å²) in [6.45, 7) is 0. The molecule has 2 aromatic carbocycles. The summed E-state index contributed by atoms with van der Waals surface area (Å²) in [6.07, 6.45) is 1.30. The van der Waals surface area contributed by atoms with E-state index in [1.165, 1.54) is 18.3 Å². The molecule has 0 saturated heterocycles. The van der Waals surface area contributed by atoms with Crippen molar-refractivity contribution in [3.05, 3.63) is 63.6 Å². The van der Waals surface area contributed by atoms with Crippen LogP contribution in [0.1, 0.15) is 5.56 Å². The summed E-state index contributed by atoms with van der Waals surface area (Å²) in [5, 5.41) is 0.591. The number of hydrogen-bond acceptors (Lipinski definition) is 2. The second-order valence-electron chi connectivity index (χ2n) is 3.72. The van der Waals surface area contributed by atoms with Crippen LogP contribution < -0.4 is 0 Å². The molecular formula is C13H9BrClNO2S. The van der Waals surface area contributed by atoms with E-state index in [0.717, 1.165) is 4.47 Å². The molecule has 19 heavy (non-hydrogen) atoms. The van der Waals surface area contributed by atoms with Crippen LogP contribution in [0.4, 0.5) is 0 Å². The Hall–Kier alpha value is -1.17. The molecule has 98 valence electrons. The van der Waals surface area contributed by atoms with Crippen LogP contribution in [-0.2, 0) is 10.0 Å². The Bertz CT molecular complexity index is 694. The Balaban J connectivity index is 2.26. The molecule has 6 heteroatoms. The lowest BCUT2D eigenvalue weighted by Gasteiger charge is -1.98. The smallest absolute Gasteiger partial charge is 0.199 e. The normalized spacial score (nSPS) is 11.9. The van der Waals surface area contributed by atoms with Gasteiger partial charge in [0.2, 0.25) is 0 Å². The third-order valence-corrected chi connectivity index (χ3v) is 4.35. The van der Waals surface area contributed by atoms with Crippen LogP contribution in [0.15, 0.2) is 62.3 Å². The molecule has 0 N–H and O–H groups in total. The van der Waals surface area contributed by atoms with E-state index >= 15 is 0 Å². The van der Waals surface area contributed by atoms with Crippen LogP contribution in [-0.4, -0.2) is 14.6 Å². The lowest BCUT2D eigenvalue weighted by atomic mass is 10.2. The topological polar surface area (TPSA) is 46.5 Å². The molecule has 0 aliphatic heterocycles. The number of hydrogen-bond donors (Lipinski definition) is 0. The first-order valence-corrected chi connectivity index (χ1v) is 7.90. The molecule has 0 radical (unpaired) electrons.